The van der Waals surface area contributed by atoms with Gasteiger partial charge in [0.1, 0.15) is 6.17 Å². The van der Waals surface area contributed by atoms with Crippen molar-refractivity contribution >= 4 is 11.6 Å². The van der Waals surface area contributed by atoms with E-state index in [1.54, 1.807) is 0 Å². The molecular weight excluding hydrogens is 352 g/mol. The monoisotopic (exact) mass is 372 g/mol. The van der Waals surface area contributed by atoms with Crippen LogP contribution < -0.4 is 14.8 Å². The largest absolute Gasteiger partial charge is 0.454 e. The molecule has 28 heavy (non-hydrogen) atoms. The summed E-state index contributed by atoms with van der Waals surface area (Å²) in [5.41, 5.74) is 4.77. The lowest BCUT2D eigenvalue weighted by Crippen LogP contribution is -2.42. The van der Waals surface area contributed by atoms with Gasteiger partial charge in [-0.25, -0.2) is 0 Å². The fourth-order valence-corrected chi connectivity index (χ4v) is 3.80. The summed E-state index contributed by atoms with van der Waals surface area (Å²) < 4.78 is 10.9. The molecular formula is C23H20N2O3. The number of hydrogen-bond donors (Lipinski definition) is 1. The Hall–Kier alpha value is -3.47. The van der Waals surface area contributed by atoms with Crippen molar-refractivity contribution in [2.24, 2.45) is 0 Å². The predicted octanol–water partition coefficient (Wildman–Crippen LogP) is 4.49. The first kappa shape index (κ1) is 16.7. The second-order valence-electron chi connectivity index (χ2n) is 7.13. The maximum absolute atomic E-state index is 13.4. The predicted molar refractivity (Wildman–Crippen MR) is 106 cm³/mol. The zero-order valence-corrected chi connectivity index (χ0v) is 15.5. The highest BCUT2D eigenvalue weighted by molar-refractivity contribution is 6.01. The quantitative estimate of drug-likeness (QED) is 0.736. The number of benzene rings is 3. The molecule has 1 amide bonds. The Morgan fingerprint density at radius 3 is 2.75 bits per heavy atom. The summed E-state index contributed by atoms with van der Waals surface area (Å²) in [4.78, 5) is 15.2. The summed E-state index contributed by atoms with van der Waals surface area (Å²) in [6.45, 7) is 2.77. The van der Waals surface area contributed by atoms with Crippen LogP contribution in [0, 0.1) is 6.92 Å². The molecule has 2 aliphatic heterocycles. The zero-order valence-electron chi connectivity index (χ0n) is 15.5. The molecule has 0 bridgehead atoms. The lowest BCUT2D eigenvalue weighted by atomic mass is 10.0. The Morgan fingerprint density at radius 1 is 1.00 bits per heavy atom. The average Bonchev–Trinajstić information content (AvgIpc) is 3.18. The van der Waals surface area contributed by atoms with E-state index in [2.05, 4.69) is 30.4 Å². The first-order valence-corrected chi connectivity index (χ1v) is 9.31. The number of hydrogen-bond acceptors (Lipinski definition) is 4. The number of carbonyl (C=O) groups excluding carboxylic acids is 1. The van der Waals surface area contributed by atoms with Crippen molar-refractivity contribution < 1.29 is 14.3 Å². The molecule has 0 saturated carbocycles. The number of nitrogens with one attached hydrogen (secondary N) is 1. The minimum absolute atomic E-state index is 0.0125. The summed E-state index contributed by atoms with van der Waals surface area (Å²) in [6.07, 6.45) is -0.243. The fraction of sp³-hybridized carbons (Fsp3) is 0.174. The third-order valence-electron chi connectivity index (χ3n) is 5.17. The van der Waals surface area contributed by atoms with Crippen LogP contribution in [0.5, 0.6) is 11.5 Å². The fourth-order valence-electron chi connectivity index (χ4n) is 3.80. The number of anilines is 1. The number of amides is 1. The van der Waals surface area contributed by atoms with Gasteiger partial charge in [-0.05, 0) is 42.3 Å². The van der Waals surface area contributed by atoms with Gasteiger partial charge in [0.05, 0.1) is 5.56 Å². The van der Waals surface area contributed by atoms with Crippen LogP contribution in [0.2, 0.25) is 0 Å². The molecule has 0 aliphatic carbocycles. The summed E-state index contributed by atoms with van der Waals surface area (Å²) in [7, 11) is 0. The number of nitrogens with zero attached hydrogens (tertiary/aromatic N) is 1. The van der Waals surface area contributed by atoms with Crippen LogP contribution in [-0.4, -0.2) is 17.6 Å². The van der Waals surface area contributed by atoms with Gasteiger partial charge < -0.3 is 19.7 Å². The Kier molecular flexibility index (Phi) is 3.93. The molecule has 140 valence electrons. The maximum atomic E-state index is 13.4. The highest BCUT2D eigenvalue weighted by atomic mass is 16.7. The first-order valence-electron chi connectivity index (χ1n) is 9.31. The van der Waals surface area contributed by atoms with Gasteiger partial charge in [-0.1, -0.05) is 48.0 Å². The molecule has 0 radical (unpaired) electrons. The minimum atomic E-state index is -0.243. The number of ether oxygens (including phenoxy) is 2. The van der Waals surface area contributed by atoms with Crippen LogP contribution >= 0.6 is 0 Å². The number of rotatable bonds is 3. The molecule has 5 heteroatoms. The van der Waals surface area contributed by atoms with E-state index in [0.717, 1.165) is 33.9 Å². The Morgan fingerprint density at radius 2 is 1.86 bits per heavy atom. The zero-order chi connectivity index (χ0) is 19.1. The summed E-state index contributed by atoms with van der Waals surface area (Å²) in [5, 5.41) is 3.54. The molecule has 2 aliphatic rings. The normalized spacial score (nSPS) is 17.2. The van der Waals surface area contributed by atoms with Crippen molar-refractivity contribution in [1.82, 2.24) is 4.90 Å². The van der Waals surface area contributed by atoms with Crippen molar-refractivity contribution in [1.29, 1.82) is 0 Å². The average molecular weight is 372 g/mol. The number of para-hydroxylation sites is 1. The lowest BCUT2D eigenvalue weighted by Gasteiger charge is -2.38. The molecule has 0 unspecified atom stereocenters. The van der Waals surface area contributed by atoms with Crippen molar-refractivity contribution in [3.8, 4) is 11.5 Å². The van der Waals surface area contributed by atoms with Crippen molar-refractivity contribution in [3.05, 3.63) is 89.0 Å². The smallest absolute Gasteiger partial charge is 0.258 e. The first-order chi connectivity index (χ1) is 13.7. The van der Waals surface area contributed by atoms with Gasteiger partial charge in [-0.2, -0.15) is 0 Å². The van der Waals surface area contributed by atoms with E-state index in [1.807, 2.05) is 53.4 Å². The van der Waals surface area contributed by atoms with Crippen LogP contribution in [-0.2, 0) is 6.54 Å². The van der Waals surface area contributed by atoms with Gasteiger partial charge in [0.25, 0.3) is 5.91 Å². The SMILES string of the molecule is Cc1cccc([C@@H]2Nc3ccccc3C(=O)N2Cc2ccc3c(c2)OCO3)c1. The molecule has 0 saturated heterocycles. The molecule has 5 nitrogen and oxygen atoms in total. The van der Waals surface area contributed by atoms with Gasteiger partial charge in [0.2, 0.25) is 6.79 Å². The lowest BCUT2D eigenvalue weighted by molar-refractivity contribution is 0.0666. The topological polar surface area (TPSA) is 50.8 Å². The van der Waals surface area contributed by atoms with Crippen LogP contribution in [0.15, 0.2) is 66.7 Å². The Labute approximate surface area is 163 Å². The summed E-state index contributed by atoms with van der Waals surface area (Å²) in [5.74, 6) is 1.48. The van der Waals surface area contributed by atoms with Gasteiger partial charge in [-0.3, -0.25) is 4.79 Å². The summed E-state index contributed by atoms with van der Waals surface area (Å²) in [6, 6.07) is 21.7. The van der Waals surface area contributed by atoms with Gasteiger partial charge >= 0.3 is 0 Å². The van der Waals surface area contributed by atoms with E-state index in [9.17, 15) is 4.79 Å². The van der Waals surface area contributed by atoms with E-state index in [-0.39, 0.29) is 18.9 Å². The second kappa shape index (κ2) is 6.60. The molecule has 1 atom stereocenters. The number of fused-ring (bicyclic) bond motifs is 2. The minimum Gasteiger partial charge on any atom is -0.454 e. The van der Waals surface area contributed by atoms with E-state index >= 15 is 0 Å². The molecule has 3 aromatic carbocycles. The molecule has 5 rings (SSSR count). The maximum Gasteiger partial charge on any atom is 0.258 e. The van der Waals surface area contributed by atoms with Crippen molar-refractivity contribution in [2.45, 2.75) is 19.6 Å². The van der Waals surface area contributed by atoms with E-state index in [4.69, 9.17) is 9.47 Å². The van der Waals surface area contributed by atoms with Gasteiger partial charge in [0.15, 0.2) is 11.5 Å². The Bertz CT molecular complexity index is 1060. The van der Waals surface area contributed by atoms with Crippen LogP contribution in [0.25, 0.3) is 0 Å². The van der Waals surface area contributed by atoms with Crippen LogP contribution in [0.1, 0.15) is 33.2 Å². The van der Waals surface area contributed by atoms with E-state index < -0.39 is 0 Å². The highest BCUT2D eigenvalue weighted by Gasteiger charge is 2.33. The molecule has 0 fully saturated rings. The van der Waals surface area contributed by atoms with Crippen LogP contribution in [0.4, 0.5) is 5.69 Å². The molecule has 3 aromatic rings. The summed E-state index contributed by atoms with van der Waals surface area (Å²) >= 11 is 0. The standard InChI is InChI=1S/C23H20N2O3/c1-15-5-4-6-17(11-15)22-24-19-8-3-2-7-18(19)23(26)25(22)13-16-9-10-20-21(12-16)28-14-27-20/h2-12,22,24H,13-14H2,1H3/t22-/m1/s1. The van der Waals surface area contributed by atoms with E-state index in [1.165, 1.54) is 0 Å². The Balaban J connectivity index is 1.54. The van der Waals surface area contributed by atoms with Gasteiger partial charge in [0, 0.05) is 12.2 Å². The third-order valence-corrected chi connectivity index (χ3v) is 5.17. The molecule has 0 aromatic heterocycles. The molecule has 2 heterocycles. The van der Waals surface area contributed by atoms with Crippen LogP contribution in [0.3, 0.4) is 0 Å². The molecule has 0 spiro atoms. The highest BCUT2D eigenvalue weighted by Crippen LogP contribution is 2.37. The molecule has 1 N–H and O–H groups in total. The van der Waals surface area contributed by atoms with Gasteiger partial charge in [-0.15, -0.1) is 0 Å². The van der Waals surface area contributed by atoms with E-state index in [0.29, 0.717) is 12.1 Å². The van der Waals surface area contributed by atoms with Crippen molar-refractivity contribution in [2.75, 3.05) is 12.1 Å². The second-order valence-corrected chi connectivity index (χ2v) is 7.13. The number of carbonyl (C=O) groups is 1. The number of aryl methyl sites for hydroxylation is 1. The third kappa shape index (κ3) is 2.85. The van der Waals surface area contributed by atoms with Crippen molar-refractivity contribution in [3.63, 3.8) is 0 Å².